The van der Waals surface area contributed by atoms with Gasteiger partial charge in [0.1, 0.15) is 29.6 Å². The summed E-state index contributed by atoms with van der Waals surface area (Å²) in [6.07, 6.45) is 3.20. The van der Waals surface area contributed by atoms with E-state index in [0.29, 0.717) is 35.1 Å². The summed E-state index contributed by atoms with van der Waals surface area (Å²) in [7, 11) is 1.60. The van der Waals surface area contributed by atoms with E-state index in [4.69, 9.17) is 21.1 Å². The van der Waals surface area contributed by atoms with E-state index >= 15 is 0 Å². The Balaban J connectivity index is 1.26. The lowest BCUT2D eigenvalue weighted by molar-refractivity contribution is 0.193. The van der Waals surface area contributed by atoms with Crippen molar-refractivity contribution in [1.29, 1.82) is 0 Å². The number of ether oxygens (including phenoxy) is 2. The van der Waals surface area contributed by atoms with E-state index < -0.39 is 5.82 Å². The van der Waals surface area contributed by atoms with Gasteiger partial charge in [0.15, 0.2) is 11.5 Å². The van der Waals surface area contributed by atoms with E-state index in [-0.39, 0.29) is 5.02 Å². The van der Waals surface area contributed by atoms with Crippen molar-refractivity contribution >= 4 is 34.0 Å². The van der Waals surface area contributed by atoms with E-state index in [2.05, 4.69) is 41.9 Å². The number of fused-ring (bicyclic) bond motifs is 2. The van der Waals surface area contributed by atoms with Crippen molar-refractivity contribution in [3.05, 3.63) is 59.1 Å². The molecular weight excluding hydrogens is 485 g/mol. The Morgan fingerprint density at radius 1 is 1.11 bits per heavy atom. The van der Waals surface area contributed by atoms with Crippen molar-refractivity contribution < 1.29 is 13.9 Å². The van der Waals surface area contributed by atoms with Gasteiger partial charge >= 0.3 is 0 Å². The quantitative estimate of drug-likeness (QED) is 0.326. The molecule has 11 heteroatoms. The number of benzene rings is 2. The van der Waals surface area contributed by atoms with Gasteiger partial charge in [0, 0.05) is 43.2 Å². The second-order valence-corrected chi connectivity index (χ2v) is 8.92. The highest BCUT2D eigenvalue weighted by molar-refractivity contribution is 6.31. The lowest BCUT2D eigenvalue weighted by Crippen LogP contribution is -2.35. The average Bonchev–Trinajstić information content (AvgIpc) is 3.31. The molecule has 188 valence electrons. The zero-order valence-corrected chi connectivity index (χ0v) is 20.9. The van der Waals surface area contributed by atoms with Crippen LogP contribution in [0.4, 0.5) is 15.9 Å². The Bertz CT molecular complexity index is 1380. The molecule has 2 aromatic heterocycles. The third-order valence-electron chi connectivity index (χ3n) is 6.20. The molecule has 4 aromatic rings. The number of hydrogen-bond donors (Lipinski definition) is 1. The first-order chi connectivity index (χ1) is 17.6. The molecule has 9 nitrogen and oxygen atoms in total. The van der Waals surface area contributed by atoms with Gasteiger partial charge in [-0.1, -0.05) is 18.5 Å². The van der Waals surface area contributed by atoms with Gasteiger partial charge in [0.2, 0.25) is 0 Å². The number of aromatic nitrogens is 5. The summed E-state index contributed by atoms with van der Waals surface area (Å²) in [5.41, 5.74) is 1.30. The molecule has 5 rings (SSSR count). The number of hydrogen-bond acceptors (Lipinski definition) is 8. The van der Waals surface area contributed by atoms with E-state index in [0.717, 1.165) is 56.1 Å². The van der Waals surface area contributed by atoms with Gasteiger partial charge < -0.3 is 19.4 Å². The summed E-state index contributed by atoms with van der Waals surface area (Å²) in [6.45, 7) is 6.20. The van der Waals surface area contributed by atoms with Crippen LogP contribution in [0.1, 0.15) is 25.0 Å². The highest BCUT2D eigenvalue weighted by Crippen LogP contribution is 2.35. The SMILES string of the molecule is CCc1nnc2n1CCN(CCCOc1cc3c(Nc4ccc(F)c(Cl)c4)ncnc3cc1OC)C2. The Kier molecular flexibility index (Phi) is 7.15. The van der Waals surface area contributed by atoms with E-state index in [1.54, 1.807) is 13.2 Å². The summed E-state index contributed by atoms with van der Waals surface area (Å²) in [5.74, 6) is 3.35. The van der Waals surface area contributed by atoms with E-state index in [1.165, 1.54) is 18.5 Å². The third kappa shape index (κ3) is 5.05. The molecule has 0 unspecified atom stereocenters. The van der Waals surface area contributed by atoms with Gasteiger partial charge in [-0.25, -0.2) is 14.4 Å². The highest BCUT2D eigenvalue weighted by atomic mass is 35.5. The van der Waals surface area contributed by atoms with Crippen LogP contribution in [0.2, 0.25) is 5.02 Å². The van der Waals surface area contributed by atoms with Gasteiger partial charge in [0.25, 0.3) is 0 Å². The van der Waals surface area contributed by atoms with Crippen LogP contribution in [-0.4, -0.2) is 56.4 Å². The van der Waals surface area contributed by atoms with Gasteiger partial charge in [0.05, 0.1) is 30.8 Å². The molecular formula is C25H27ClFN7O2. The number of rotatable bonds is 9. The standard InChI is InChI=1S/C25H27ClFN7O2/c1-3-23-31-32-24-14-33(8-9-34(23)24)7-4-10-36-22-12-17-20(13-21(22)35-2)28-15-29-25(17)30-16-5-6-19(27)18(26)11-16/h5-6,11-13,15H,3-4,7-10,14H2,1-2H3,(H,28,29,30). The van der Waals surface area contributed by atoms with E-state index in [9.17, 15) is 4.39 Å². The lowest BCUT2D eigenvalue weighted by Gasteiger charge is -2.27. The fourth-order valence-corrected chi connectivity index (χ4v) is 4.52. The predicted octanol–water partition coefficient (Wildman–Crippen LogP) is 4.61. The maximum Gasteiger partial charge on any atom is 0.162 e. The summed E-state index contributed by atoms with van der Waals surface area (Å²) >= 11 is 5.93. The third-order valence-corrected chi connectivity index (χ3v) is 6.49. The van der Waals surface area contributed by atoms with Crippen LogP contribution < -0.4 is 14.8 Å². The zero-order chi connectivity index (χ0) is 25.1. The second-order valence-electron chi connectivity index (χ2n) is 8.51. The van der Waals surface area contributed by atoms with Crippen LogP contribution in [0.15, 0.2) is 36.7 Å². The van der Waals surface area contributed by atoms with Crippen molar-refractivity contribution in [2.45, 2.75) is 32.9 Å². The normalized spacial score (nSPS) is 13.6. The maximum absolute atomic E-state index is 13.5. The smallest absolute Gasteiger partial charge is 0.162 e. The minimum absolute atomic E-state index is 0.0313. The molecule has 0 saturated heterocycles. The minimum atomic E-state index is -0.479. The lowest BCUT2D eigenvalue weighted by atomic mass is 10.2. The van der Waals surface area contributed by atoms with Gasteiger partial charge in [-0.05, 0) is 30.7 Å². The molecule has 0 radical (unpaired) electrons. The minimum Gasteiger partial charge on any atom is -0.493 e. The first kappa shape index (κ1) is 24.2. The van der Waals surface area contributed by atoms with E-state index in [1.807, 2.05) is 12.1 Å². The monoisotopic (exact) mass is 511 g/mol. The number of nitrogens with one attached hydrogen (secondary N) is 1. The molecule has 0 fully saturated rings. The summed E-state index contributed by atoms with van der Waals surface area (Å²) in [4.78, 5) is 11.1. The topological polar surface area (TPSA) is 90.2 Å². The predicted molar refractivity (Wildman–Crippen MR) is 136 cm³/mol. The molecule has 0 saturated carbocycles. The molecule has 1 aliphatic heterocycles. The van der Waals surface area contributed by atoms with Crippen molar-refractivity contribution in [1.82, 2.24) is 29.6 Å². The van der Waals surface area contributed by atoms with Crippen LogP contribution in [0, 0.1) is 5.82 Å². The highest BCUT2D eigenvalue weighted by Gasteiger charge is 2.20. The number of aryl methyl sites for hydroxylation is 1. The molecule has 2 aromatic carbocycles. The molecule has 1 aliphatic rings. The molecule has 1 N–H and O–H groups in total. The summed E-state index contributed by atoms with van der Waals surface area (Å²) in [5, 5.41) is 12.6. The summed E-state index contributed by atoms with van der Waals surface area (Å²) < 4.78 is 27.4. The van der Waals surface area contributed by atoms with Crippen LogP contribution in [0.3, 0.4) is 0 Å². The zero-order valence-electron chi connectivity index (χ0n) is 20.2. The fourth-order valence-electron chi connectivity index (χ4n) is 4.34. The van der Waals surface area contributed by atoms with Gasteiger partial charge in [-0.15, -0.1) is 10.2 Å². The second kappa shape index (κ2) is 10.6. The van der Waals surface area contributed by atoms with Gasteiger partial charge in [-0.2, -0.15) is 0 Å². The van der Waals surface area contributed by atoms with Crippen molar-refractivity contribution in [3.63, 3.8) is 0 Å². The van der Waals surface area contributed by atoms with Gasteiger partial charge in [-0.3, -0.25) is 4.90 Å². The van der Waals surface area contributed by atoms with Crippen LogP contribution in [-0.2, 0) is 19.5 Å². The molecule has 0 aliphatic carbocycles. The Morgan fingerprint density at radius 2 is 2.00 bits per heavy atom. The first-order valence-electron chi connectivity index (χ1n) is 11.9. The maximum atomic E-state index is 13.5. The largest absolute Gasteiger partial charge is 0.493 e. The number of methoxy groups -OCH3 is 1. The summed E-state index contributed by atoms with van der Waals surface area (Å²) in [6, 6.07) is 8.09. The molecule has 0 atom stereocenters. The Morgan fingerprint density at radius 3 is 2.81 bits per heavy atom. The molecule has 0 amide bonds. The van der Waals surface area contributed by atoms with Crippen LogP contribution >= 0.6 is 11.6 Å². The molecule has 0 bridgehead atoms. The average molecular weight is 512 g/mol. The fraction of sp³-hybridized carbons (Fsp3) is 0.360. The van der Waals surface area contributed by atoms with Crippen LogP contribution in [0.25, 0.3) is 10.9 Å². The molecule has 3 heterocycles. The number of nitrogens with zero attached hydrogens (tertiary/aromatic N) is 6. The van der Waals surface area contributed by atoms with Crippen molar-refractivity contribution in [3.8, 4) is 11.5 Å². The van der Waals surface area contributed by atoms with Crippen molar-refractivity contribution in [2.24, 2.45) is 0 Å². The molecule has 36 heavy (non-hydrogen) atoms. The van der Waals surface area contributed by atoms with Crippen LogP contribution in [0.5, 0.6) is 11.5 Å². The Hall–Kier alpha value is -3.50. The first-order valence-corrected chi connectivity index (χ1v) is 12.2. The number of halogens is 2. The van der Waals surface area contributed by atoms with Crippen molar-refractivity contribution in [2.75, 3.05) is 32.1 Å². The molecule has 0 spiro atoms. The number of anilines is 2. The Labute approximate surface area is 213 Å².